The van der Waals surface area contributed by atoms with Crippen LogP contribution in [0.3, 0.4) is 0 Å². The van der Waals surface area contributed by atoms with Crippen molar-refractivity contribution >= 4 is 28.5 Å². The highest BCUT2D eigenvalue weighted by molar-refractivity contribution is 6.30. The van der Waals surface area contributed by atoms with E-state index in [1.165, 1.54) is 17.5 Å². The van der Waals surface area contributed by atoms with Gasteiger partial charge in [-0.25, -0.2) is 4.98 Å². The summed E-state index contributed by atoms with van der Waals surface area (Å²) in [6, 6.07) is 7.85. The molecule has 3 N–H and O–H groups in total. The molecular weight excluding hydrogens is 296 g/mol. The second-order valence-electron chi connectivity index (χ2n) is 6.10. The smallest absolute Gasteiger partial charge is 0.158 e. The quantitative estimate of drug-likeness (QED) is 0.714. The highest BCUT2D eigenvalue weighted by Crippen LogP contribution is 2.38. The van der Waals surface area contributed by atoms with Gasteiger partial charge in [-0.1, -0.05) is 30.7 Å². The number of nitrogens with one attached hydrogen (secondary N) is 1. The molecule has 3 aromatic rings. The molecule has 1 aromatic carbocycles. The molecule has 4 nitrogen and oxygen atoms in total. The topological polar surface area (TPSA) is 67.6 Å². The number of fused-ring (bicyclic) bond motifs is 3. The van der Waals surface area contributed by atoms with Crippen molar-refractivity contribution in [3.05, 3.63) is 40.4 Å². The van der Waals surface area contributed by atoms with E-state index in [0.717, 1.165) is 40.2 Å². The van der Waals surface area contributed by atoms with Crippen molar-refractivity contribution in [3.63, 3.8) is 0 Å². The minimum Gasteiger partial charge on any atom is -0.382 e. The molecule has 1 aliphatic carbocycles. The Morgan fingerprint density at radius 1 is 1.23 bits per heavy atom. The van der Waals surface area contributed by atoms with E-state index >= 15 is 0 Å². The minimum absolute atomic E-state index is 0.551. The zero-order valence-corrected chi connectivity index (χ0v) is 13.1. The molecule has 112 valence electrons. The highest BCUT2D eigenvalue weighted by atomic mass is 35.5. The number of H-pyrrole nitrogens is 1. The molecule has 0 fully saturated rings. The van der Waals surface area contributed by atoms with Crippen molar-refractivity contribution < 1.29 is 0 Å². The lowest BCUT2D eigenvalue weighted by molar-refractivity contribution is 0.503. The molecule has 0 radical (unpaired) electrons. The first-order chi connectivity index (χ1) is 10.6. The molecule has 1 unspecified atom stereocenters. The number of benzene rings is 1. The van der Waals surface area contributed by atoms with E-state index in [1.807, 2.05) is 24.3 Å². The molecule has 0 spiro atoms. The molecule has 2 heterocycles. The van der Waals surface area contributed by atoms with Crippen LogP contribution in [-0.4, -0.2) is 15.2 Å². The Labute approximate surface area is 133 Å². The number of hydrogen-bond donors (Lipinski definition) is 2. The van der Waals surface area contributed by atoms with E-state index < -0.39 is 0 Å². The minimum atomic E-state index is 0.551. The van der Waals surface area contributed by atoms with Crippen LogP contribution in [0.2, 0.25) is 5.02 Å². The van der Waals surface area contributed by atoms with Gasteiger partial charge in [-0.05, 0) is 48.4 Å². The van der Waals surface area contributed by atoms with Crippen LogP contribution in [0.5, 0.6) is 0 Å². The van der Waals surface area contributed by atoms with Gasteiger partial charge >= 0.3 is 0 Å². The molecular formula is C17H17ClN4. The monoisotopic (exact) mass is 312 g/mol. The van der Waals surface area contributed by atoms with Crippen LogP contribution in [-0.2, 0) is 12.8 Å². The molecule has 1 atom stereocenters. The number of aromatic amines is 1. The van der Waals surface area contributed by atoms with Gasteiger partial charge in [0, 0.05) is 10.6 Å². The Balaban J connectivity index is 2.01. The molecule has 0 bridgehead atoms. The van der Waals surface area contributed by atoms with Gasteiger partial charge in [0.05, 0.1) is 11.1 Å². The largest absolute Gasteiger partial charge is 0.382 e. The maximum atomic E-state index is 6.05. The third-order valence-corrected chi connectivity index (χ3v) is 4.76. The van der Waals surface area contributed by atoms with Gasteiger partial charge in [0.25, 0.3) is 0 Å². The van der Waals surface area contributed by atoms with Gasteiger partial charge in [0.1, 0.15) is 0 Å². The van der Waals surface area contributed by atoms with Crippen LogP contribution in [0.25, 0.3) is 22.3 Å². The molecule has 0 saturated heterocycles. The summed E-state index contributed by atoms with van der Waals surface area (Å²) in [7, 11) is 0. The van der Waals surface area contributed by atoms with Crippen molar-refractivity contribution in [1.29, 1.82) is 0 Å². The Hall–Kier alpha value is -2.07. The van der Waals surface area contributed by atoms with Crippen molar-refractivity contribution in [1.82, 2.24) is 15.2 Å². The van der Waals surface area contributed by atoms with Crippen LogP contribution in [0, 0.1) is 5.92 Å². The van der Waals surface area contributed by atoms with Crippen LogP contribution in [0.15, 0.2) is 24.3 Å². The summed E-state index contributed by atoms with van der Waals surface area (Å²) >= 11 is 6.01. The fourth-order valence-corrected chi connectivity index (χ4v) is 3.51. The summed E-state index contributed by atoms with van der Waals surface area (Å²) in [4.78, 5) is 4.79. The Morgan fingerprint density at radius 2 is 2.00 bits per heavy atom. The average Bonchev–Trinajstić information content (AvgIpc) is 2.89. The molecule has 0 aliphatic heterocycles. The van der Waals surface area contributed by atoms with E-state index in [1.54, 1.807) is 0 Å². The van der Waals surface area contributed by atoms with Crippen LogP contribution >= 0.6 is 11.6 Å². The summed E-state index contributed by atoms with van der Waals surface area (Å²) in [5, 5.41) is 8.84. The third kappa shape index (κ3) is 2.06. The summed E-state index contributed by atoms with van der Waals surface area (Å²) in [6.07, 6.45) is 3.24. The summed E-state index contributed by atoms with van der Waals surface area (Å²) in [5.41, 5.74) is 11.6. The van der Waals surface area contributed by atoms with E-state index in [-0.39, 0.29) is 0 Å². The number of nitrogen functional groups attached to an aromatic ring is 1. The molecule has 2 aromatic heterocycles. The number of hydrogen-bond acceptors (Lipinski definition) is 3. The molecule has 22 heavy (non-hydrogen) atoms. The second kappa shape index (κ2) is 4.99. The Bertz CT molecular complexity index is 851. The Morgan fingerprint density at radius 3 is 2.77 bits per heavy atom. The predicted octanol–water partition coefficient (Wildman–Crippen LogP) is 3.99. The van der Waals surface area contributed by atoms with Crippen molar-refractivity contribution in [3.8, 4) is 11.3 Å². The van der Waals surface area contributed by atoms with Crippen molar-refractivity contribution in [2.45, 2.75) is 26.2 Å². The third-order valence-electron chi connectivity index (χ3n) is 4.51. The van der Waals surface area contributed by atoms with E-state index in [2.05, 4.69) is 17.1 Å². The summed E-state index contributed by atoms with van der Waals surface area (Å²) < 4.78 is 0. The number of anilines is 1. The first-order valence-electron chi connectivity index (χ1n) is 7.54. The van der Waals surface area contributed by atoms with Gasteiger partial charge in [0.15, 0.2) is 11.5 Å². The van der Waals surface area contributed by atoms with E-state index in [9.17, 15) is 0 Å². The first-order valence-corrected chi connectivity index (χ1v) is 7.92. The fraction of sp³-hybridized carbons (Fsp3) is 0.294. The lowest BCUT2D eigenvalue weighted by Gasteiger charge is -2.24. The lowest BCUT2D eigenvalue weighted by Crippen LogP contribution is -2.14. The zero-order chi connectivity index (χ0) is 15.3. The number of halogens is 1. The summed E-state index contributed by atoms with van der Waals surface area (Å²) in [6.45, 7) is 2.29. The molecule has 5 heteroatoms. The fourth-order valence-electron chi connectivity index (χ4n) is 3.38. The van der Waals surface area contributed by atoms with E-state index in [0.29, 0.717) is 11.7 Å². The van der Waals surface area contributed by atoms with Gasteiger partial charge in [-0.2, -0.15) is 5.10 Å². The molecule has 0 amide bonds. The summed E-state index contributed by atoms with van der Waals surface area (Å²) in [5.74, 6) is 1.21. The van der Waals surface area contributed by atoms with Gasteiger partial charge in [-0.15, -0.1) is 0 Å². The van der Waals surface area contributed by atoms with Crippen LogP contribution in [0.1, 0.15) is 24.5 Å². The zero-order valence-electron chi connectivity index (χ0n) is 12.4. The number of aromatic nitrogens is 3. The van der Waals surface area contributed by atoms with Crippen LogP contribution in [0.4, 0.5) is 5.82 Å². The SMILES string of the molecule is CC1CCc2c(-c3ccc(Cl)cc3)nc3[nH]nc(N)c3c2C1. The maximum Gasteiger partial charge on any atom is 0.158 e. The molecule has 1 aliphatic rings. The highest BCUT2D eigenvalue weighted by Gasteiger charge is 2.24. The second-order valence-corrected chi connectivity index (χ2v) is 6.54. The molecule has 0 saturated carbocycles. The van der Waals surface area contributed by atoms with Gasteiger partial charge < -0.3 is 5.73 Å². The van der Waals surface area contributed by atoms with Crippen molar-refractivity contribution in [2.75, 3.05) is 5.73 Å². The Kier molecular flexibility index (Phi) is 3.08. The number of rotatable bonds is 1. The molecule has 4 rings (SSSR count). The average molecular weight is 313 g/mol. The lowest BCUT2D eigenvalue weighted by atomic mass is 9.82. The van der Waals surface area contributed by atoms with Gasteiger partial charge in [0.2, 0.25) is 0 Å². The standard InChI is InChI=1S/C17H17ClN4/c1-9-2-7-12-13(8-9)14-16(19)21-22-17(14)20-15(12)10-3-5-11(18)6-4-10/h3-6,9H,2,7-8H2,1H3,(H3,19,20,21,22). The van der Waals surface area contributed by atoms with Gasteiger partial charge in [-0.3, -0.25) is 5.10 Å². The number of nitrogens with two attached hydrogens (primary N) is 1. The maximum absolute atomic E-state index is 6.05. The van der Waals surface area contributed by atoms with Crippen LogP contribution < -0.4 is 5.73 Å². The predicted molar refractivity (Wildman–Crippen MR) is 89.9 cm³/mol. The first kappa shape index (κ1) is 13.6. The number of pyridine rings is 1. The normalized spacial score (nSPS) is 17.6. The van der Waals surface area contributed by atoms with E-state index in [4.69, 9.17) is 22.3 Å². The van der Waals surface area contributed by atoms with Crippen molar-refractivity contribution in [2.24, 2.45) is 5.92 Å². The number of nitrogens with zero attached hydrogens (tertiary/aromatic N) is 2.